The summed E-state index contributed by atoms with van der Waals surface area (Å²) >= 11 is 0. The molecule has 5 aromatic carbocycles. The molecule has 1 fully saturated rings. The van der Waals surface area contributed by atoms with Crippen LogP contribution in [0, 0.1) is 6.92 Å². The van der Waals surface area contributed by atoms with Crippen molar-refractivity contribution in [1.29, 1.82) is 0 Å². The second kappa shape index (κ2) is 14.1. The molecule has 55 heavy (non-hydrogen) atoms. The van der Waals surface area contributed by atoms with Crippen molar-refractivity contribution < 1.29 is 13.9 Å². The molecule has 1 amide bonds. The van der Waals surface area contributed by atoms with Crippen LogP contribution in [0.25, 0.3) is 22.0 Å². The van der Waals surface area contributed by atoms with Crippen LogP contribution in [0.3, 0.4) is 0 Å². The number of fused-ring (bicyclic) bond motifs is 2. The van der Waals surface area contributed by atoms with E-state index in [0.29, 0.717) is 71.3 Å². The van der Waals surface area contributed by atoms with Crippen molar-refractivity contribution in [2.24, 2.45) is 0 Å². The van der Waals surface area contributed by atoms with E-state index in [1.807, 2.05) is 94.8 Å². The number of aromatic nitrogens is 5. The maximum Gasteiger partial charge on any atom is 0.260 e. The van der Waals surface area contributed by atoms with Crippen molar-refractivity contribution in [1.82, 2.24) is 29.6 Å². The lowest BCUT2D eigenvalue weighted by molar-refractivity contribution is 0.0745. The molecule has 11 nitrogen and oxygen atoms in total. The third-order valence-electron chi connectivity index (χ3n) is 10.2. The molecule has 0 radical (unpaired) electrons. The van der Waals surface area contributed by atoms with E-state index in [1.54, 1.807) is 30.0 Å². The van der Waals surface area contributed by atoms with Gasteiger partial charge in [0.25, 0.3) is 11.5 Å². The first-order valence-corrected chi connectivity index (χ1v) is 18.3. The van der Waals surface area contributed by atoms with Crippen molar-refractivity contribution in [3.63, 3.8) is 0 Å². The molecule has 0 atom stereocenters. The van der Waals surface area contributed by atoms with Gasteiger partial charge < -0.3 is 19.0 Å². The Hall–Kier alpha value is -7.01. The summed E-state index contributed by atoms with van der Waals surface area (Å²) in [5.74, 6) is 1.28. The number of H-pyrrole nitrogens is 1. The number of benzene rings is 5. The Morgan fingerprint density at radius 1 is 0.800 bits per heavy atom. The summed E-state index contributed by atoms with van der Waals surface area (Å²) in [6.45, 7) is 3.88. The third-order valence-corrected chi connectivity index (χ3v) is 10.2. The van der Waals surface area contributed by atoms with E-state index in [9.17, 15) is 9.59 Å². The van der Waals surface area contributed by atoms with E-state index in [2.05, 4.69) is 51.4 Å². The molecule has 11 heteroatoms. The minimum atomic E-state index is -0.755. The molecule has 0 bridgehead atoms. The zero-order chi connectivity index (χ0) is 37.4. The molecule has 4 heterocycles. The van der Waals surface area contributed by atoms with Gasteiger partial charge in [-0.1, -0.05) is 103 Å². The van der Waals surface area contributed by atoms with Gasteiger partial charge in [0.2, 0.25) is 5.95 Å². The molecule has 1 aliphatic rings. The first-order chi connectivity index (χ1) is 27.0. The summed E-state index contributed by atoms with van der Waals surface area (Å²) in [5, 5.41) is 5.51. The highest BCUT2D eigenvalue weighted by atomic mass is 16.5. The number of amides is 1. The lowest BCUT2D eigenvalue weighted by atomic mass is 9.77. The van der Waals surface area contributed by atoms with Crippen molar-refractivity contribution >= 4 is 33.9 Å². The maximum atomic E-state index is 14.0. The Labute approximate surface area is 316 Å². The van der Waals surface area contributed by atoms with Gasteiger partial charge in [-0.05, 0) is 41.0 Å². The zero-order valence-corrected chi connectivity index (χ0v) is 30.1. The van der Waals surface area contributed by atoms with E-state index in [0.717, 1.165) is 22.3 Å². The summed E-state index contributed by atoms with van der Waals surface area (Å²) < 4.78 is 14.4. The lowest BCUT2D eigenvalue weighted by Crippen LogP contribution is -2.49. The van der Waals surface area contributed by atoms with Gasteiger partial charge in [0.1, 0.15) is 17.9 Å². The molecule has 272 valence electrons. The van der Waals surface area contributed by atoms with E-state index in [-0.39, 0.29) is 18.1 Å². The second-order valence-corrected chi connectivity index (χ2v) is 13.6. The number of aryl methyl sites for hydroxylation is 1. The largest absolute Gasteiger partial charge is 0.486 e. The number of oxazole rings is 1. The molecule has 9 rings (SSSR count). The molecule has 8 aromatic rings. The van der Waals surface area contributed by atoms with E-state index in [4.69, 9.17) is 14.3 Å². The van der Waals surface area contributed by atoms with Gasteiger partial charge >= 0.3 is 0 Å². The van der Waals surface area contributed by atoms with Gasteiger partial charge in [0.15, 0.2) is 17.0 Å². The van der Waals surface area contributed by atoms with E-state index < -0.39 is 5.54 Å². The van der Waals surface area contributed by atoms with Crippen LogP contribution in [0.4, 0.5) is 5.95 Å². The van der Waals surface area contributed by atoms with Gasteiger partial charge in [-0.3, -0.25) is 19.3 Å². The molecule has 3 aromatic heterocycles. The lowest BCUT2D eigenvalue weighted by Gasteiger charge is -2.36. The van der Waals surface area contributed by atoms with Crippen LogP contribution in [0.2, 0.25) is 0 Å². The average molecular weight is 728 g/mol. The normalized spacial score (nSPS) is 13.4. The van der Waals surface area contributed by atoms with Gasteiger partial charge in [-0.2, -0.15) is 5.10 Å². The Morgan fingerprint density at radius 2 is 1.42 bits per heavy atom. The van der Waals surface area contributed by atoms with Crippen LogP contribution >= 0.6 is 0 Å². The zero-order valence-electron chi connectivity index (χ0n) is 30.1. The summed E-state index contributed by atoms with van der Waals surface area (Å²) in [5.41, 5.74) is 5.20. The number of piperazine rings is 1. The number of ether oxygens (including phenoxy) is 1. The van der Waals surface area contributed by atoms with E-state index >= 15 is 0 Å². The Bertz CT molecular complexity index is 2590. The highest BCUT2D eigenvalue weighted by molar-refractivity contribution is 5.99. The summed E-state index contributed by atoms with van der Waals surface area (Å²) in [4.78, 5) is 42.6. The van der Waals surface area contributed by atoms with Gasteiger partial charge in [0, 0.05) is 50.4 Å². The molecule has 0 unspecified atom stereocenters. The maximum absolute atomic E-state index is 14.0. The van der Waals surface area contributed by atoms with Crippen LogP contribution in [0.5, 0.6) is 5.75 Å². The molecule has 0 spiro atoms. The SMILES string of the molecule is Cc1nc2c(OCc3cnn(C(c4ccccc4)(c4ccccc4)c4ccccc4)c3)cc(C(=O)N3CCN(c4nc5ccccc5c(=O)[nH]4)CC3)cc2o1. The monoisotopic (exact) mass is 727 g/mol. The number of hydrogen-bond acceptors (Lipinski definition) is 8. The number of carbonyl (C=O) groups is 1. The predicted molar refractivity (Wildman–Crippen MR) is 210 cm³/mol. The first-order valence-electron chi connectivity index (χ1n) is 18.3. The van der Waals surface area contributed by atoms with Crippen LogP contribution in [0.15, 0.2) is 149 Å². The summed E-state index contributed by atoms with van der Waals surface area (Å²) in [7, 11) is 0. The summed E-state index contributed by atoms with van der Waals surface area (Å²) in [6.07, 6.45) is 3.84. The predicted octanol–water partition coefficient (Wildman–Crippen LogP) is 6.95. The molecule has 1 N–H and O–H groups in total. The fourth-order valence-electron chi connectivity index (χ4n) is 7.58. The highest BCUT2D eigenvalue weighted by Gasteiger charge is 2.39. The molecule has 0 aliphatic carbocycles. The van der Waals surface area contributed by atoms with Crippen LogP contribution < -0.4 is 15.2 Å². The quantitative estimate of drug-likeness (QED) is 0.159. The minimum absolute atomic E-state index is 0.147. The Balaban J connectivity index is 0.983. The summed E-state index contributed by atoms with van der Waals surface area (Å²) in [6, 6.07) is 41.9. The number of aromatic amines is 1. The first kappa shape index (κ1) is 33.8. The highest BCUT2D eigenvalue weighted by Crippen LogP contribution is 2.40. The standard InChI is InChI=1S/C44H37N7O4/c1-30-46-40-38(25-32(26-39(40)55-30)42(53)49-21-23-50(24-22-49)43-47-37-20-12-11-19-36(37)41(52)48-43)54-29-31-27-45-51(28-31)44(33-13-5-2-6-14-33,34-15-7-3-8-16-34)35-17-9-4-10-18-35/h2-20,25-28H,21-24,29H2,1H3,(H,47,48,52). The molecular weight excluding hydrogens is 691 g/mol. The molecule has 1 saturated heterocycles. The number of nitrogens with one attached hydrogen (secondary N) is 1. The van der Waals surface area contributed by atoms with Crippen molar-refractivity contribution in [2.45, 2.75) is 19.1 Å². The minimum Gasteiger partial charge on any atom is -0.486 e. The van der Waals surface area contributed by atoms with Gasteiger partial charge in [0.05, 0.1) is 17.1 Å². The third kappa shape index (κ3) is 6.19. The molecular formula is C44H37N7O4. The van der Waals surface area contributed by atoms with E-state index in [1.165, 1.54) is 0 Å². The smallest absolute Gasteiger partial charge is 0.260 e. The number of carbonyl (C=O) groups excluding carboxylic acids is 1. The molecule has 0 saturated carbocycles. The van der Waals surface area contributed by atoms with Crippen LogP contribution in [-0.4, -0.2) is 61.7 Å². The van der Waals surface area contributed by atoms with Crippen LogP contribution in [-0.2, 0) is 12.1 Å². The fraction of sp³-hybridized carbons (Fsp3) is 0.159. The van der Waals surface area contributed by atoms with Crippen molar-refractivity contribution in [3.8, 4) is 5.75 Å². The topological polar surface area (TPSA) is 122 Å². The fourth-order valence-corrected chi connectivity index (χ4v) is 7.58. The Morgan fingerprint density at radius 3 is 2.07 bits per heavy atom. The van der Waals surface area contributed by atoms with Gasteiger partial charge in [-0.25, -0.2) is 9.97 Å². The van der Waals surface area contributed by atoms with Crippen molar-refractivity contribution in [3.05, 3.63) is 184 Å². The van der Waals surface area contributed by atoms with Crippen molar-refractivity contribution in [2.75, 3.05) is 31.1 Å². The number of hydrogen-bond donors (Lipinski definition) is 1. The average Bonchev–Trinajstić information content (AvgIpc) is 3.87. The number of para-hydroxylation sites is 1. The number of rotatable bonds is 9. The van der Waals surface area contributed by atoms with Gasteiger partial charge in [-0.15, -0.1) is 0 Å². The Kier molecular flexibility index (Phi) is 8.66. The van der Waals surface area contributed by atoms with Crippen LogP contribution in [0.1, 0.15) is 38.5 Å². The number of anilines is 1. The molecule has 1 aliphatic heterocycles. The second-order valence-electron chi connectivity index (χ2n) is 13.6. The number of nitrogens with zero attached hydrogens (tertiary/aromatic N) is 6.